The van der Waals surface area contributed by atoms with Crippen molar-refractivity contribution < 1.29 is 19.2 Å². The lowest BCUT2D eigenvalue weighted by molar-refractivity contribution is 0.0681. The Labute approximate surface area is 102 Å². The van der Waals surface area contributed by atoms with Crippen LogP contribution in [-0.4, -0.2) is 37.8 Å². The third-order valence-electron chi connectivity index (χ3n) is 2.28. The Kier molecular flexibility index (Phi) is 3.38. The summed E-state index contributed by atoms with van der Waals surface area (Å²) in [6, 6.07) is 0. The van der Waals surface area contributed by atoms with E-state index in [4.69, 9.17) is 14.4 Å². The van der Waals surface area contributed by atoms with E-state index in [0.717, 1.165) is 0 Å². The minimum absolute atomic E-state index is 0.0754. The molecule has 8 nitrogen and oxygen atoms in total. The number of carbonyl (C=O) groups is 1. The predicted octanol–water partition coefficient (Wildman–Crippen LogP) is 1.26. The molecule has 0 saturated heterocycles. The predicted molar refractivity (Wildman–Crippen MR) is 58.9 cm³/mol. The van der Waals surface area contributed by atoms with Gasteiger partial charge in [0.25, 0.3) is 5.89 Å². The van der Waals surface area contributed by atoms with Crippen LogP contribution < -0.4 is 0 Å². The van der Waals surface area contributed by atoms with Gasteiger partial charge in [-0.3, -0.25) is 0 Å². The lowest BCUT2D eigenvalue weighted by Crippen LogP contribution is -2.02. The number of ether oxygens (including phenoxy) is 1. The summed E-state index contributed by atoms with van der Waals surface area (Å²) in [6.07, 6.45) is 0.943. The molecule has 2 aromatic rings. The van der Waals surface area contributed by atoms with Gasteiger partial charge in [-0.2, -0.15) is 4.98 Å². The second-order valence-corrected chi connectivity index (χ2v) is 3.49. The molecule has 0 fully saturated rings. The van der Waals surface area contributed by atoms with Gasteiger partial charge < -0.3 is 19.4 Å². The number of carboxylic acids is 1. The molecule has 2 heterocycles. The van der Waals surface area contributed by atoms with Crippen molar-refractivity contribution in [1.29, 1.82) is 0 Å². The lowest BCUT2D eigenvalue weighted by atomic mass is 10.3. The van der Waals surface area contributed by atoms with Crippen molar-refractivity contribution in [2.75, 3.05) is 6.61 Å². The van der Waals surface area contributed by atoms with Crippen LogP contribution in [0.5, 0.6) is 0 Å². The molecule has 1 unspecified atom stereocenters. The molecule has 0 aromatic carbocycles. The van der Waals surface area contributed by atoms with Crippen molar-refractivity contribution in [1.82, 2.24) is 20.1 Å². The van der Waals surface area contributed by atoms with Crippen LogP contribution in [0.4, 0.5) is 0 Å². The van der Waals surface area contributed by atoms with Gasteiger partial charge in [0.2, 0.25) is 5.82 Å². The fraction of sp³-hybridized carbons (Fsp3) is 0.400. The number of hydrogen-bond acceptors (Lipinski definition) is 6. The molecular weight excluding hydrogens is 240 g/mol. The summed E-state index contributed by atoms with van der Waals surface area (Å²) in [5, 5.41) is 12.7. The van der Waals surface area contributed by atoms with Crippen LogP contribution in [0.3, 0.4) is 0 Å². The van der Waals surface area contributed by atoms with Crippen LogP contribution in [0.15, 0.2) is 10.9 Å². The van der Waals surface area contributed by atoms with Crippen LogP contribution in [0.2, 0.25) is 0 Å². The Hall–Kier alpha value is -2.22. The van der Waals surface area contributed by atoms with E-state index in [2.05, 4.69) is 20.1 Å². The Balaban J connectivity index is 2.29. The molecule has 8 heteroatoms. The van der Waals surface area contributed by atoms with Gasteiger partial charge in [-0.1, -0.05) is 5.16 Å². The van der Waals surface area contributed by atoms with Crippen LogP contribution in [-0.2, 0) is 4.74 Å². The first-order valence-electron chi connectivity index (χ1n) is 5.35. The minimum Gasteiger partial charge on any atom is -0.476 e. The van der Waals surface area contributed by atoms with Crippen LogP contribution >= 0.6 is 0 Å². The van der Waals surface area contributed by atoms with E-state index in [1.807, 2.05) is 6.92 Å². The monoisotopic (exact) mass is 252 g/mol. The molecule has 0 aliphatic rings. The van der Waals surface area contributed by atoms with Crippen molar-refractivity contribution in [3.63, 3.8) is 0 Å². The molecular formula is C10H12N4O4. The smallest absolute Gasteiger partial charge is 0.356 e. The first kappa shape index (κ1) is 12.2. The number of H-pyrrole nitrogens is 1. The van der Waals surface area contributed by atoms with Gasteiger partial charge in [0, 0.05) is 6.61 Å². The van der Waals surface area contributed by atoms with E-state index in [-0.39, 0.29) is 23.4 Å². The van der Waals surface area contributed by atoms with E-state index < -0.39 is 5.97 Å². The van der Waals surface area contributed by atoms with Crippen molar-refractivity contribution in [2.24, 2.45) is 0 Å². The van der Waals surface area contributed by atoms with Gasteiger partial charge in [-0.05, 0) is 13.8 Å². The second kappa shape index (κ2) is 4.96. The number of aromatic nitrogens is 4. The van der Waals surface area contributed by atoms with Gasteiger partial charge in [0.05, 0.1) is 6.33 Å². The first-order valence-corrected chi connectivity index (χ1v) is 5.35. The zero-order valence-corrected chi connectivity index (χ0v) is 9.88. The highest BCUT2D eigenvalue weighted by molar-refractivity contribution is 5.91. The Morgan fingerprint density at radius 3 is 3.11 bits per heavy atom. The summed E-state index contributed by atoms with van der Waals surface area (Å²) in [7, 11) is 0. The van der Waals surface area contributed by atoms with E-state index in [1.54, 1.807) is 6.92 Å². The average molecular weight is 252 g/mol. The molecule has 18 heavy (non-hydrogen) atoms. The molecule has 0 spiro atoms. The highest BCUT2D eigenvalue weighted by Gasteiger charge is 2.21. The van der Waals surface area contributed by atoms with Gasteiger partial charge in [0.15, 0.2) is 5.69 Å². The summed E-state index contributed by atoms with van der Waals surface area (Å²) >= 11 is 0. The van der Waals surface area contributed by atoms with Gasteiger partial charge in [0.1, 0.15) is 11.8 Å². The van der Waals surface area contributed by atoms with Crippen LogP contribution in [0.25, 0.3) is 11.6 Å². The number of nitrogens with one attached hydrogen (secondary N) is 1. The molecule has 2 N–H and O–H groups in total. The Bertz CT molecular complexity index is 548. The molecule has 0 bridgehead atoms. The van der Waals surface area contributed by atoms with E-state index >= 15 is 0 Å². The van der Waals surface area contributed by atoms with Crippen molar-refractivity contribution in [3.05, 3.63) is 17.8 Å². The summed E-state index contributed by atoms with van der Waals surface area (Å²) in [5.41, 5.74) is 0.0270. The lowest BCUT2D eigenvalue weighted by Gasteiger charge is -2.04. The molecule has 0 saturated carbocycles. The summed E-state index contributed by atoms with van der Waals surface area (Å²) in [6.45, 7) is 4.16. The highest BCUT2D eigenvalue weighted by Crippen LogP contribution is 2.21. The average Bonchev–Trinajstić information content (AvgIpc) is 2.98. The van der Waals surface area contributed by atoms with E-state index in [0.29, 0.717) is 12.4 Å². The third-order valence-corrected chi connectivity index (χ3v) is 2.28. The van der Waals surface area contributed by atoms with Crippen molar-refractivity contribution >= 4 is 5.97 Å². The van der Waals surface area contributed by atoms with Crippen LogP contribution in [0.1, 0.15) is 36.3 Å². The number of hydrogen-bond donors (Lipinski definition) is 2. The maximum absolute atomic E-state index is 10.9. The molecule has 0 amide bonds. The SMILES string of the molecule is CCOC(C)c1noc(-c2[nH]cnc2C(=O)O)n1. The molecule has 96 valence electrons. The molecule has 1 atom stereocenters. The molecule has 2 rings (SSSR count). The minimum atomic E-state index is -1.16. The van der Waals surface area contributed by atoms with Gasteiger partial charge in [-0.25, -0.2) is 9.78 Å². The number of aromatic amines is 1. The fourth-order valence-electron chi connectivity index (χ4n) is 1.45. The molecule has 0 aliphatic heterocycles. The Morgan fingerprint density at radius 2 is 2.44 bits per heavy atom. The maximum atomic E-state index is 10.9. The quantitative estimate of drug-likeness (QED) is 0.822. The molecule has 2 aromatic heterocycles. The first-order chi connectivity index (χ1) is 8.63. The number of aromatic carboxylic acids is 1. The van der Waals surface area contributed by atoms with Crippen LogP contribution in [0, 0.1) is 0 Å². The summed E-state index contributed by atoms with van der Waals surface area (Å²) < 4.78 is 10.3. The Morgan fingerprint density at radius 1 is 1.67 bits per heavy atom. The van der Waals surface area contributed by atoms with Gasteiger partial charge >= 0.3 is 5.97 Å². The van der Waals surface area contributed by atoms with Crippen molar-refractivity contribution in [3.8, 4) is 11.6 Å². The van der Waals surface area contributed by atoms with E-state index in [9.17, 15) is 4.79 Å². The number of imidazole rings is 1. The number of rotatable bonds is 5. The summed E-state index contributed by atoms with van der Waals surface area (Å²) in [5.74, 6) is -0.729. The number of nitrogens with zero attached hydrogens (tertiary/aromatic N) is 3. The maximum Gasteiger partial charge on any atom is 0.356 e. The molecule has 0 aliphatic carbocycles. The normalized spacial score (nSPS) is 12.6. The zero-order chi connectivity index (χ0) is 13.1. The largest absolute Gasteiger partial charge is 0.476 e. The number of carboxylic acid groups (broad SMARTS) is 1. The zero-order valence-electron chi connectivity index (χ0n) is 9.88. The van der Waals surface area contributed by atoms with E-state index in [1.165, 1.54) is 6.33 Å². The third kappa shape index (κ3) is 2.23. The topological polar surface area (TPSA) is 114 Å². The summed E-state index contributed by atoms with van der Waals surface area (Å²) in [4.78, 5) is 21.3. The highest BCUT2D eigenvalue weighted by atomic mass is 16.5. The van der Waals surface area contributed by atoms with Gasteiger partial charge in [-0.15, -0.1) is 0 Å². The molecule has 0 radical (unpaired) electrons. The second-order valence-electron chi connectivity index (χ2n) is 3.49. The standard InChI is InChI=1S/C10H12N4O4/c1-3-17-5(2)8-13-9(18-14-8)6-7(10(15)16)12-4-11-6/h4-5H,3H2,1-2H3,(H,11,12)(H,15,16). The fourth-order valence-corrected chi connectivity index (χ4v) is 1.45. The van der Waals surface area contributed by atoms with Crippen molar-refractivity contribution in [2.45, 2.75) is 20.0 Å².